The first kappa shape index (κ1) is 20.3. The molecule has 0 saturated heterocycles. The van der Waals surface area contributed by atoms with Crippen molar-refractivity contribution < 1.29 is 18.9 Å². The molecule has 1 aliphatic heterocycles. The SMILES string of the molecule is COc1ccc(OC)c(CN2Cc3cc(OC)c(OC)cc3C(C(C)C)C2)c1. The summed E-state index contributed by atoms with van der Waals surface area (Å²) in [6, 6.07) is 10.2. The van der Waals surface area contributed by atoms with Crippen LogP contribution in [0.1, 0.15) is 36.5 Å². The number of methoxy groups -OCH3 is 4. The molecule has 0 aromatic heterocycles. The van der Waals surface area contributed by atoms with Crippen molar-refractivity contribution in [1.82, 2.24) is 4.90 Å². The fourth-order valence-corrected chi connectivity index (χ4v) is 4.04. The van der Waals surface area contributed by atoms with Gasteiger partial charge in [-0.25, -0.2) is 0 Å². The normalized spacial score (nSPS) is 16.6. The van der Waals surface area contributed by atoms with E-state index in [9.17, 15) is 0 Å². The highest BCUT2D eigenvalue weighted by atomic mass is 16.5. The summed E-state index contributed by atoms with van der Waals surface area (Å²) in [5, 5.41) is 0. The topological polar surface area (TPSA) is 40.2 Å². The van der Waals surface area contributed by atoms with Crippen LogP contribution in [0.5, 0.6) is 23.0 Å². The van der Waals surface area contributed by atoms with E-state index in [1.165, 1.54) is 11.1 Å². The summed E-state index contributed by atoms with van der Waals surface area (Å²) in [7, 11) is 6.78. The van der Waals surface area contributed by atoms with E-state index in [1.54, 1.807) is 28.4 Å². The molecule has 0 radical (unpaired) electrons. The van der Waals surface area contributed by atoms with Crippen molar-refractivity contribution in [3.05, 3.63) is 47.0 Å². The lowest BCUT2D eigenvalue weighted by molar-refractivity contribution is 0.198. The standard InChI is InChI=1S/C23H31NO4/c1-15(2)20-14-24(13-17-9-18(25-3)7-8-21(17)26-4)12-16-10-22(27-5)23(28-6)11-19(16)20/h7-11,15,20H,12-14H2,1-6H3. The van der Waals surface area contributed by atoms with Gasteiger partial charge in [-0.15, -0.1) is 0 Å². The fourth-order valence-electron chi connectivity index (χ4n) is 4.04. The smallest absolute Gasteiger partial charge is 0.161 e. The lowest BCUT2D eigenvalue weighted by Gasteiger charge is -2.37. The first-order chi connectivity index (χ1) is 13.5. The van der Waals surface area contributed by atoms with Crippen molar-refractivity contribution in [2.75, 3.05) is 35.0 Å². The van der Waals surface area contributed by atoms with Crippen LogP contribution in [0, 0.1) is 5.92 Å². The van der Waals surface area contributed by atoms with Gasteiger partial charge in [0.05, 0.1) is 28.4 Å². The Kier molecular flexibility index (Phi) is 6.35. The highest BCUT2D eigenvalue weighted by molar-refractivity contribution is 5.50. The summed E-state index contributed by atoms with van der Waals surface area (Å²) >= 11 is 0. The van der Waals surface area contributed by atoms with Crippen molar-refractivity contribution in [2.45, 2.75) is 32.9 Å². The molecule has 5 heteroatoms. The summed E-state index contributed by atoms with van der Waals surface area (Å²) in [6.45, 7) is 7.21. The van der Waals surface area contributed by atoms with Gasteiger partial charge in [0.1, 0.15) is 11.5 Å². The Hall–Kier alpha value is -2.40. The predicted octanol–water partition coefficient (Wildman–Crippen LogP) is 4.48. The summed E-state index contributed by atoms with van der Waals surface area (Å²) in [5.41, 5.74) is 3.79. The van der Waals surface area contributed by atoms with Gasteiger partial charge in [0.2, 0.25) is 0 Å². The van der Waals surface area contributed by atoms with E-state index < -0.39 is 0 Å². The number of ether oxygens (including phenoxy) is 4. The van der Waals surface area contributed by atoms with Crippen LogP contribution in [0.2, 0.25) is 0 Å². The zero-order valence-corrected chi connectivity index (χ0v) is 17.7. The third-order valence-corrected chi connectivity index (χ3v) is 5.58. The maximum absolute atomic E-state index is 5.58. The average Bonchev–Trinajstić information content (AvgIpc) is 2.71. The highest BCUT2D eigenvalue weighted by Gasteiger charge is 2.29. The Balaban J connectivity index is 1.94. The molecule has 0 fully saturated rings. The number of hydrogen-bond donors (Lipinski definition) is 0. The molecule has 0 N–H and O–H groups in total. The average molecular weight is 386 g/mol. The Labute approximate surface area is 168 Å². The Morgan fingerprint density at radius 2 is 1.57 bits per heavy atom. The third kappa shape index (κ3) is 4.04. The number of hydrogen-bond acceptors (Lipinski definition) is 5. The molecule has 0 bridgehead atoms. The maximum atomic E-state index is 5.58. The molecular weight excluding hydrogens is 354 g/mol. The second-order valence-electron chi connectivity index (χ2n) is 7.60. The van der Waals surface area contributed by atoms with Crippen LogP contribution in [0.15, 0.2) is 30.3 Å². The van der Waals surface area contributed by atoms with Crippen LogP contribution in [0.25, 0.3) is 0 Å². The second kappa shape index (κ2) is 8.74. The molecule has 2 aromatic rings. The molecule has 1 heterocycles. The molecule has 5 nitrogen and oxygen atoms in total. The van der Waals surface area contributed by atoms with E-state index >= 15 is 0 Å². The summed E-state index contributed by atoms with van der Waals surface area (Å²) in [5.74, 6) is 4.27. The minimum Gasteiger partial charge on any atom is -0.497 e. The molecule has 28 heavy (non-hydrogen) atoms. The van der Waals surface area contributed by atoms with Crippen LogP contribution < -0.4 is 18.9 Å². The van der Waals surface area contributed by atoms with E-state index in [-0.39, 0.29) is 0 Å². The van der Waals surface area contributed by atoms with Crippen molar-refractivity contribution >= 4 is 0 Å². The molecule has 1 atom stereocenters. The monoisotopic (exact) mass is 385 g/mol. The largest absolute Gasteiger partial charge is 0.497 e. The van der Waals surface area contributed by atoms with Crippen molar-refractivity contribution in [2.24, 2.45) is 5.92 Å². The van der Waals surface area contributed by atoms with Gasteiger partial charge in [-0.05, 0) is 53.3 Å². The van der Waals surface area contributed by atoms with E-state index in [2.05, 4.69) is 36.9 Å². The van der Waals surface area contributed by atoms with Crippen LogP contribution >= 0.6 is 0 Å². The van der Waals surface area contributed by atoms with Gasteiger partial charge >= 0.3 is 0 Å². The molecule has 1 aliphatic rings. The van der Waals surface area contributed by atoms with Crippen molar-refractivity contribution in [1.29, 1.82) is 0 Å². The Morgan fingerprint density at radius 3 is 2.18 bits per heavy atom. The van der Waals surface area contributed by atoms with Crippen molar-refractivity contribution in [3.63, 3.8) is 0 Å². The number of benzene rings is 2. The van der Waals surface area contributed by atoms with Gasteiger partial charge < -0.3 is 18.9 Å². The number of nitrogens with zero attached hydrogens (tertiary/aromatic N) is 1. The summed E-state index contributed by atoms with van der Waals surface area (Å²) < 4.78 is 22.1. The Bertz CT molecular complexity index is 818. The summed E-state index contributed by atoms with van der Waals surface area (Å²) in [4.78, 5) is 2.47. The zero-order valence-electron chi connectivity index (χ0n) is 17.7. The van der Waals surface area contributed by atoms with Crippen LogP contribution in [-0.2, 0) is 13.1 Å². The molecule has 0 aliphatic carbocycles. The van der Waals surface area contributed by atoms with E-state index in [4.69, 9.17) is 18.9 Å². The lowest BCUT2D eigenvalue weighted by Crippen LogP contribution is -2.35. The minimum atomic E-state index is 0.431. The highest BCUT2D eigenvalue weighted by Crippen LogP contribution is 2.41. The first-order valence-corrected chi connectivity index (χ1v) is 9.68. The van der Waals surface area contributed by atoms with Gasteiger partial charge in [0.15, 0.2) is 11.5 Å². The number of rotatable bonds is 7. The van der Waals surface area contributed by atoms with Crippen LogP contribution in [0.3, 0.4) is 0 Å². The van der Waals surface area contributed by atoms with Crippen LogP contribution in [0.4, 0.5) is 0 Å². The molecule has 0 saturated carbocycles. The van der Waals surface area contributed by atoms with Gasteiger partial charge in [0.25, 0.3) is 0 Å². The molecular formula is C23H31NO4. The molecule has 1 unspecified atom stereocenters. The first-order valence-electron chi connectivity index (χ1n) is 9.68. The summed E-state index contributed by atoms with van der Waals surface area (Å²) in [6.07, 6.45) is 0. The van der Waals surface area contributed by atoms with E-state index in [0.29, 0.717) is 11.8 Å². The minimum absolute atomic E-state index is 0.431. The molecule has 152 valence electrons. The maximum Gasteiger partial charge on any atom is 0.161 e. The van der Waals surface area contributed by atoms with E-state index in [0.717, 1.165) is 48.2 Å². The van der Waals surface area contributed by atoms with Gasteiger partial charge in [0, 0.05) is 25.2 Å². The fraction of sp³-hybridized carbons (Fsp3) is 0.478. The second-order valence-corrected chi connectivity index (χ2v) is 7.60. The van der Waals surface area contributed by atoms with Gasteiger partial charge in [-0.2, -0.15) is 0 Å². The van der Waals surface area contributed by atoms with Crippen molar-refractivity contribution in [3.8, 4) is 23.0 Å². The lowest BCUT2D eigenvalue weighted by atomic mass is 9.82. The molecule has 3 rings (SSSR count). The van der Waals surface area contributed by atoms with E-state index in [1.807, 2.05) is 12.1 Å². The quantitative estimate of drug-likeness (QED) is 0.703. The molecule has 0 amide bonds. The van der Waals surface area contributed by atoms with Gasteiger partial charge in [-0.3, -0.25) is 4.90 Å². The molecule has 0 spiro atoms. The number of fused-ring (bicyclic) bond motifs is 1. The predicted molar refractivity (Wildman–Crippen MR) is 111 cm³/mol. The molecule has 2 aromatic carbocycles. The van der Waals surface area contributed by atoms with Gasteiger partial charge in [-0.1, -0.05) is 13.8 Å². The zero-order chi connectivity index (χ0) is 20.3. The van der Waals surface area contributed by atoms with Crippen LogP contribution in [-0.4, -0.2) is 39.9 Å². The Morgan fingerprint density at radius 1 is 0.893 bits per heavy atom. The third-order valence-electron chi connectivity index (χ3n) is 5.58.